The topological polar surface area (TPSA) is 115 Å². The molecule has 168 valence electrons. The van der Waals surface area contributed by atoms with Crippen LogP contribution < -0.4 is 10.7 Å². The maximum atomic E-state index is 12.4. The lowest BCUT2D eigenvalue weighted by Crippen LogP contribution is -2.18. The normalized spacial score (nSPS) is 11.4. The van der Waals surface area contributed by atoms with Crippen LogP contribution in [0.1, 0.15) is 44.9 Å². The van der Waals surface area contributed by atoms with Crippen molar-refractivity contribution in [1.82, 2.24) is 15.2 Å². The lowest BCUT2D eigenvalue weighted by molar-refractivity contribution is 0.0924. The van der Waals surface area contributed by atoms with E-state index in [0.717, 1.165) is 10.0 Å². The van der Waals surface area contributed by atoms with Crippen LogP contribution in [0.2, 0.25) is 0 Å². The molecule has 3 aromatic heterocycles. The predicted molar refractivity (Wildman–Crippen MR) is 125 cm³/mol. The first-order chi connectivity index (χ1) is 15.9. The molecule has 0 radical (unpaired) electrons. The number of halogens is 1. The zero-order valence-corrected chi connectivity index (χ0v) is 19.4. The summed E-state index contributed by atoms with van der Waals surface area (Å²) in [6.07, 6.45) is 4.96. The highest BCUT2D eigenvalue weighted by molar-refractivity contribution is 9.10. The summed E-state index contributed by atoms with van der Waals surface area (Å²) < 4.78 is 13.3. The lowest BCUT2D eigenvalue weighted by Gasteiger charge is -2.06. The minimum absolute atomic E-state index is 0.153. The second-order valence-corrected chi connectivity index (χ2v) is 8.10. The van der Waals surface area contributed by atoms with Gasteiger partial charge in [0.1, 0.15) is 11.5 Å². The molecule has 10 heteroatoms. The zero-order chi connectivity index (χ0) is 23.4. The van der Waals surface area contributed by atoms with Crippen LogP contribution in [0.5, 0.6) is 0 Å². The molecule has 4 aromatic rings. The van der Waals surface area contributed by atoms with Gasteiger partial charge in [-0.15, -0.1) is 0 Å². The summed E-state index contributed by atoms with van der Waals surface area (Å²) in [6.45, 7) is 3.91. The molecular weight excluding hydrogens is 490 g/mol. The van der Waals surface area contributed by atoms with Crippen molar-refractivity contribution in [3.05, 3.63) is 94.0 Å². The van der Waals surface area contributed by atoms with Gasteiger partial charge in [0.2, 0.25) is 0 Å². The van der Waals surface area contributed by atoms with Crippen LogP contribution in [0.4, 0.5) is 5.69 Å². The number of rotatable bonds is 7. The molecule has 0 aliphatic heterocycles. The maximum Gasteiger partial charge on any atom is 0.307 e. The molecule has 0 spiro atoms. The molecule has 0 unspecified atom stereocenters. The lowest BCUT2D eigenvalue weighted by atomic mass is 10.1. The monoisotopic (exact) mass is 509 g/mol. The number of furan rings is 2. The average Bonchev–Trinajstić information content (AvgIpc) is 3.54. The van der Waals surface area contributed by atoms with E-state index in [0.29, 0.717) is 35.0 Å². The summed E-state index contributed by atoms with van der Waals surface area (Å²) in [7, 11) is 0. The number of hydrazone groups is 1. The number of hydrogen-bond donors (Lipinski definition) is 2. The summed E-state index contributed by atoms with van der Waals surface area (Å²) in [5.74, 6) is 0.604. The summed E-state index contributed by atoms with van der Waals surface area (Å²) >= 11 is 3.34. The Morgan fingerprint density at radius 1 is 1.12 bits per heavy atom. The molecule has 4 rings (SSSR count). The number of aromatic nitrogens is 2. The van der Waals surface area contributed by atoms with Crippen LogP contribution >= 0.6 is 15.9 Å². The number of anilines is 1. The molecule has 0 bridgehead atoms. The highest BCUT2D eigenvalue weighted by Crippen LogP contribution is 2.15. The Bertz CT molecular complexity index is 1320. The maximum absolute atomic E-state index is 12.4. The molecule has 0 aliphatic carbocycles. The minimum Gasteiger partial charge on any atom is -0.469 e. The van der Waals surface area contributed by atoms with E-state index in [1.807, 2.05) is 6.20 Å². The summed E-state index contributed by atoms with van der Waals surface area (Å²) in [6, 6.07) is 12.1. The number of carbonyl (C=O) groups excluding carboxylic acids is 2. The van der Waals surface area contributed by atoms with Crippen molar-refractivity contribution in [2.24, 2.45) is 5.10 Å². The Morgan fingerprint density at radius 2 is 1.91 bits per heavy atom. The third kappa shape index (κ3) is 5.47. The van der Waals surface area contributed by atoms with Gasteiger partial charge >= 0.3 is 5.91 Å². The van der Waals surface area contributed by atoms with Gasteiger partial charge < -0.3 is 14.2 Å². The first kappa shape index (κ1) is 22.3. The van der Waals surface area contributed by atoms with Crippen molar-refractivity contribution < 1.29 is 18.4 Å². The SMILES string of the molecule is CC(=NNC(=O)c1ccc(Cn2cc(Br)cn2)o1)c1ccc(NC(=O)c2ccoc2C)cc1. The standard InChI is InChI=1S/C23H20BrN5O4/c1-14(16-3-5-18(6-4-16)26-22(30)20-9-10-32-15(20)2)27-28-23(31)21-8-7-19(33-21)13-29-12-17(24)11-25-29/h3-12H,13H2,1-2H3,(H,26,30)(H,28,31). The Morgan fingerprint density at radius 3 is 2.58 bits per heavy atom. The second kappa shape index (κ2) is 9.70. The quantitative estimate of drug-likeness (QED) is 0.279. The third-order valence-electron chi connectivity index (χ3n) is 4.79. The average molecular weight is 510 g/mol. The first-order valence-corrected chi connectivity index (χ1v) is 10.8. The molecule has 0 atom stereocenters. The summed E-state index contributed by atoms with van der Waals surface area (Å²) in [5, 5.41) is 11.1. The van der Waals surface area contributed by atoms with Gasteiger partial charge in [-0.2, -0.15) is 10.2 Å². The van der Waals surface area contributed by atoms with Crippen LogP contribution in [0.15, 0.2) is 79.5 Å². The van der Waals surface area contributed by atoms with Gasteiger partial charge in [-0.25, -0.2) is 5.43 Å². The van der Waals surface area contributed by atoms with E-state index < -0.39 is 5.91 Å². The van der Waals surface area contributed by atoms with Gasteiger partial charge in [0.25, 0.3) is 5.91 Å². The third-order valence-corrected chi connectivity index (χ3v) is 5.20. The molecular formula is C23H20BrN5O4. The number of hydrogen-bond acceptors (Lipinski definition) is 6. The molecule has 0 aliphatic rings. The van der Waals surface area contributed by atoms with Crippen LogP contribution in [0.3, 0.4) is 0 Å². The van der Waals surface area contributed by atoms with Crippen molar-refractivity contribution in [3.8, 4) is 0 Å². The highest BCUT2D eigenvalue weighted by atomic mass is 79.9. The Hall–Kier alpha value is -3.92. The van der Waals surface area contributed by atoms with E-state index in [9.17, 15) is 9.59 Å². The van der Waals surface area contributed by atoms with E-state index in [2.05, 4.69) is 36.9 Å². The summed E-state index contributed by atoms with van der Waals surface area (Å²) in [4.78, 5) is 24.6. The predicted octanol–water partition coefficient (Wildman–Crippen LogP) is 4.59. The van der Waals surface area contributed by atoms with Gasteiger partial charge in [-0.05, 0) is 65.7 Å². The molecule has 0 saturated carbocycles. The molecule has 0 fully saturated rings. The fraction of sp³-hybridized carbons (Fsp3) is 0.130. The van der Waals surface area contributed by atoms with Crippen LogP contribution in [-0.4, -0.2) is 27.3 Å². The number of nitrogens with one attached hydrogen (secondary N) is 2. The first-order valence-electron chi connectivity index (χ1n) is 9.96. The molecule has 2 amide bonds. The van der Waals surface area contributed by atoms with Crippen molar-refractivity contribution in [3.63, 3.8) is 0 Å². The van der Waals surface area contributed by atoms with E-state index >= 15 is 0 Å². The van der Waals surface area contributed by atoms with E-state index in [4.69, 9.17) is 8.83 Å². The van der Waals surface area contributed by atoms with Crippen molar-refractivity contribution in [1.29, 1.82) is 0 Å². The summed E-state index contributed by atoms with van der Waals surface area (Å²) in [5.41, 5.74) is 5.00. The number of benzene rings is 1. The number of amides is 2. The van der Waals surface area contributed by atoms with Crippen molar-refractivity contribution >= 4 is 39.1 Å². The molecule has 1 aromatic carbocycles. The number of aryl methyl sites for hydroxylation is 1. The Labute approximate surface area is 197 Å². The minimum atomic E-state index is -0.457. The highest BCUT2D eigenvalue weighted by Gasteiger charge is 2.13. The Kier molecular flexibility index (Phi) is 6.55. The van der Waals surface area contributed by atoms with Gasteiger partial charge in [-0.1, -0.05) is 12.1 Å². The van der Waals surface area contributed by atoms with Crippen molar-refractivity contribution in [2.75, 3.05) is 5.32 Å². The molecule has 0 saturated heterocycles. The fourth-order valence-corrected chi connectivity index (χ4v) is 3.37. The largest absolute Gasteiger partial charge is 0.469 e. The van der Waals surface area contributed by atoms with E-state index in [-0.39, 0.29) is 11.7 Å². The van der Waals surface area contributed by atoms with Gasteiger partial charge in [0.15, 0.2) is 5.76 Å². The Balaban J connectivity index is 1.34. The van der Waals surface area contributed by atoms with Crippen molar-refractivity contribution in [2.45, 2.75) is 20.4 Å². The number of nitrogens with zero attached hydrogens (tertiary/aromatic N) is 3. The van der Waals surface area contributed by atoms with E-state index in [1.165, 1.54) is 6.26 Å². The van der Waals surface area contributed by atoms with Crippen LogP contribution in [-0.2, 0) is 6.54 Å². The molecule has 9 nitrogen and oxygen atoms in total. The molecule has 2 N–H and O–H groups in total. The van der Waals surface area contributed by atoms with Crippen LogP contribution in [0.25, 0.3) is 0 Å². The van der Waals surface area contributed by atoms with Gasteiger partial charge in [0, 0.05) is 11.9 Å². The van der Waals surface area contributed by atoms with E-state index in [1.54, 1.807) is 67.2 Å². The van der Waals surface area contributed by atoms with Gasteiger partial charge in [0.05, 0.1) is 34.8 Å². The second-order valence-electron chi connectivity index (χ2n) is 7.18. The smallest absolute Gasteiger partial charge is 0.307 e. The molecule has 3 heterocycles. The fourth-order valence-electron chi connectivity index (χ4n) is 3.04. The number of carbonyl (C=O) groups is 2. The zero-order valence-electron chi connectivity index (χ0n) is 17.8. The molecule has 33 heavy (non-hydrogen) atoms. The van der Waals surface area contributed by atoms with Crippen LogP contribution in [0, 0.1) is 6.92 Å². The van der Waals surface area contributed by atoms with Gasteiger partial charge in [-0.3, -0.25) is 14.3 Å².